The zero-order valence-electron chi connectivity index (χ0n) is 18.4. The minimum absolute atomic E-state index is 0.0312. The molecule has 0 saturated heterocycles. The number of hydrogen-bond donors (Lipinski definition) is 1. The number of rotatable bonds is 8. The second-order valence-corrected chi connectivity index (χ2v) is 8.29. The average Bonchev–Trinajstić information content (AvgIpc) is 3.01. The molecule has 1 atom stereocenters. The molecule has 0 radical (unpaired) electrons. The van der Waals surface area contributed by atoms with Crippen LogP contribution in [-0.2, 0) is 20.9 Å². The monoisotopic (exact) mass is 455 g/mol. The highest BCUT2D eigenvalue weighted by molar-refractivity contribution is 8.00. The van der Waals surface area contributed by atoms with E-state index in [2.05, 4.69) is 15.0 Å². The summed E-state index contributed by atoms with van der Waals surface area (Å²) in [7, 11) is 2.90. The molecule has 32 heavy (non-hydrogen) atoms. The zero-order chi connectivity index (χ0) is 23.3. The number of hydrogen-bond acceptors (Lipinski definition) is 7. The Morgan fingerprint density at radius 2 is 1.84 bits per heavy atom. The average molecular weight is 456 g/mol. The predicted octanol–water partition coefficient (Wildman–Crippen LogP) is 3.25. The Balaban J connectivity index is 1.62. The number of carbonyl (C=O) groups excluding carboxylic acids is 3. The van der Waals surface area contributed by atoms with Crippen molar-refractivity contribution < 1.29 is 23.9 Å². The third kappa shape index (κ3) is 5.28. The van der Waals surface area contributed by atoms with Crippen LogP contribution in [-0.4, -0.2) is 53.0 Å². The van der Waals surface area contributed by atoms with Gasteiger partial charge in [0.15, 0.2) is 0 Å². The van der Waals surface area contributed by atoms with Crippen LogP contribution < -0.4 is 10.1 Å². The van der Waals surface area contributed by atoms with Gasteiger partial charge in [-0.3, -0.25) is 9.59 Å². The van der Waals surface area contributed by atoms with Gasteiger partial charge in [-0.1, -0.05) is 12.1 Å². The molecule has 0 bridgehead atoms. The predicted molar refractivity (Wildman–Crippen MR) is 122 cm³/mol. The van der Waals surface area contributed by atoms with Crippen molar-refractivity contribution in [3.05, 3.63) is 64.9 Å². The molecule has 1 unspecified atom stereocenters. The summed E-state index contributed by atoms with van der Waals surface area (Å²) in [6, 6.07) is 10.6. The van der Waals surface area contributed by atoms with E-state index in [0.717, 1.165) is 16.9 Å². The summed E-state index contributed by atoms with van der Waals surface area (Å²) in [5.74, 6) is 0.458. The van der Waals surface area contributed by atoms with Crippen molar-refractivity contribution in [2.45, 2.75) is 25.8 Å². The normalized spacial score (nSPS) is 15.7. The molecular weight excluding hydrogens is 430 g/mol. The van der Waals surface area contributed by atoms with Crippen LogP contribution in [0.3, 0.4) is 0 Å². The first kappa shape index (κ1) is 23.3. The Morgan fingerprint density at radius 1 is 1.12 bits per heavy atom. The Morgan fingerprint density at radius 3 is 2.44 bits per heavy atom. The van der Waals surface area contributed by atoms with Crippen LogP contribution in [0.2, 0.25) is 0 Å². The van der Waals surface area contributed by atoms with Gasteiger partial charge in [0.05, 0.1) is 25.5 Å². The highest BCUT2D eigenvalue weighted by Gasteiger charge is 2.35. The number of thioether (sulfide) groups is 1. The number of pyridine rings is 1. The molecule has 2 aromatic rings. The van der Waals surface area contributed by atoms with Crippen LogP contribution in [0.5, 0.6) is 5.75 Å². The van der Waals surface area contributed by atoms with E-state index in [4.69, 9.17) is 4.74 Å². The summed E-state index contributed by atoms with van der Waals surface area (Å²) < 4.78 is 9.82. The smallest absolute Gasteiger partial charge is 0.339 e. The second-order valence-electron chi connectivity index (χ2n) is 7.22. The van der Waals surface area contributed by atoms with Crippen LogP contribution in [0.4, 0.5) is 5.82 Å². The molecule has 1 aliphatic rings. The van der Waals surface area contributed by atoms with E-state index in [0.29, 0.717) is 23.5 Å². The number of ether oxygens (including phenoxy) is 2. The molecule has 1 aliphatic heterocycles. The van der Waals surface area contributed by atoms with Gasteiger partial charge in [-0.15, -0.1) is 11.8 Å². The maximum Gasteiger partial charge on any atom is 0.339 e. The lowest BCUT2D eigenvalue weighted by molar-refractivity contribution is -0.126. The summed E-state index contributed by atoms with van der Waals surface area (Å²) >= 11 is 1.38. The third-order valence-electron chi connectivity index (χ3n) is 5.16. The third-order valence-corrected chi connectivity index (χ3v) is 6.52. The van der Waals surface area contributed by atoms with Crippen LogP contribution in [0.15, 0.2) is 53.7 Å². The van der Waals surface area contributed by atoms with Gasteiger partial charge >= 0.3 is 5.97 Å². The van der Waals surface area contributed by atoms with Gasteiger partial charge in [0, 0.05) is 18.3 Å². The quantitative estimate of drug-likeness (QED) is 0.610. The van der Waals surface area contributed by atoms with Crippen molar-refractivity contribution in [3.63, 3.8) is 0 Å². The summed E-state index contributed by atoms with van der Waals surface area (Å²) in [5, 5.41) is 2.48. The topological polar surface area (TPSA) is 97.8 Å². The standard InChI is InChI=1S/C23H25N3O5S/c1-14-15(2)22(26(21(14)28)12-16-5-8-18(30-3)9-6-16)32-13-20(27)25-19-10-7-17(11-24-19)23(29)31-4/h5-11,22H,12-13H2,1-4H3,(H,24,25,27). The minimum atomic E-state index is -0.494. The molecule has 0 aliphatic carbocycles. The number of amides is 2. The number of aromatic nitrogens is 1. The largest absolute Gasteiger partial charge is 0.497 e. The van der Waals surface area contributed by atoms with Gasteiger partial charge in [0.25, 0.3) is 5.91 Å². The highest BCUT2D eigenvalue weighted by atomic mass is 32.2. The Labute approximate surface area is 191 Å². The van der Waals surface area contributed by atoms with Gasteiger partial charge < -0.3 is 19.7 Å². The molecule has 3 rings (SSSR count). The molecule has 0 saturated carbocycles. The molecule has 1 N–H and O–H groups in total. The zero-order valence-corrected chi connectivity index (χ0v) is 19.2. The molecular formula is C23H25N3O5S. The Hall–Kier alpha value is -3.33. The molecule has 8 nitrogen and oxygen atoms in total. The van der Waals surface area contributed by atoms with E-state index < -0.39 is 5.97 Å². The molecule has 1 aromatic heterocycles. The van der Waals surface area contributed by atoms with Gasteiger partial charge in [0.1, 0.15) is 16.9 Å². The van der Waals surface area contributed by atoms with Gasteiger partial charge in [0.2, 0.25) is 5.91 Å². The van der Waals surface area contributed by atoms with Gasteiger partial charge in [-0.05, 0) is 49.2 Å². The van der Waals surface area contributed by atoms with Crippen molar-refractivity contribution in [2.75, 3.05) is 25.3 Å². The number of nitrogens with zero attached hydrogens (tertiary/aromatic N) is 2. The van der Waals surface area contributed by atoms with E-state index in [1.807, 2.05) is 38.1 Å². The summed E-state index contributed by atoms with van der Waals surface area (Å²) in [6.45, 7) is 4.17. The lowest BCUT2D eigenvalue weighted by Gasteiger charge is -2.26. The SMILES string of the molecule is COC(=O)c1ccc(NC(=O)CSC2C(C)=C(C)C(=O)N2Cc2ccc(OC)cc2)nc1. The highest BCUT2D eigenvalue weighted by Crippen LogP contribution is 2.34. The van der Waals surface area contributed by atoms with E-state index in [-0.39, 0.29) is 22.9 Å². The second kappa shape index (κ2) is 10.3. The Kier molecular flexibility index (Phi) is 7.53. The van der Waals surface area contributed by atoms with Crippen LogP contribution >= 0.6 is 11.8 Å². The number of methoxy groups -OCH3 is 2. The molecule has 0 spiro atoms. The number of benzene rings is 1. The molecule has 168 valence electrons. The Bertz CT molecular complexity index is 1030. The summed E-state index contributed by atoms with van der Waals surface area (Å²) in [4.78, 5) is 42.6. The fourth-order valence-corrected chi connectivity index (χ4v) is 4.41. The van der Waals surface area contributed by atoms with Crippen LogP contribution in [0.25, 0.3) is 0 Å². The van der Waals surface area contributed by atoms with E-state index >= 15 is 0 Å². The lowest BCUT2D eigenvalue weighted by atomic mass is 10.2. The summed E-state index contributed by atoms with van der Waals surface area (Å²) in [5.41, 5.74) is 2.93. The van der Waals surface area contributed by atoms with Crippen molar-refractivity contribution >= 4 is 35.4 Å². The fraction of sp³-hybridized carbons (Fsp3) is 0.304. The van der Waals surface area contributed by atoms with Crippen LogP contribution in [0, 0.1) is 0 Å². The van der Waals surface area contributed by atoms with E-state index in [9.17, 15) is 14.4 Å². The maximum absolute atomic E-state index is 12.8. The fourth-order valence-electron chi connectivity index (χ4n) is 3.25. The molecule has 1 aromatic carbocycles. The van der Waals surface area contributed by atoms with E-state index in [1.165, 1.54) is 31.1 Å². The first-order valence-electron chi connectivity index (χ1n) is 9.91. The van der Waals surface area contributed by atoms with Crippen molar-refractivity contribution in [1.82, 2.24) is 9.88 Å². The number of nitrogens with one attached hydrogen (secondary N) is 1. The molecule has 2 heterocycles. The maximum atomic E-state index is 12.8. The number of carbonyl (C=O) groups is 3. The first-order chi connectivity index (χ1) is 15.3. The summed E-state index contributed by atoms with van der Waals surface area (Å²) in [6.07, 6.45) is 1.34. The van der Waals surface area contributed by atoms with Crippen LogP contribution in [0.1, 0.15) is 29.8 Å². The molecule has 2 amide bonds. The molecule has 0 fully saturated rings. The van der Waals surface area contributed by atoms with Gasteiger partial charge in [-0.2, -0.15) is 0 Å². The van der Waals surface area contributed by atoms with Gasteiger partial charge in [-0.25, -0.2) is 9.78 Å². The number of anilines is 1. The van der Waals surface area contributed by atoms with Crippen molar-refractivity contribution in [2.24, 2.45) is 0 Å². The van der Waals surface area contributed by atoms with Crippen molar-refractivity contribution in [1.29, 1.82) is 0 Å². The minimum Gasteiger partial charge on any atom is -0.497 e. The van der Waals surface area contributed by atoms with E-state index in [1.54, 1.807) is 18.1 Å². The first-order valence-corrected chi connectivity index (χ1v) is 11.0. The number of esters is 1. The van der Waals surface area contributed by atoms with Crippen molar-refractivity contribution in [3.8, 4) is 5.75 Å². The molecule has 9 heteroatoms. The lowest BCUT2D eigenvalue weighted by Crippen LogP contribution is -2.34.